The number of aliphatic hydroxyl groups excluding tert-OH is 1. The topological polar surface area (TPSA) is 72.8 Å². The van der Waals surface area contributed by atoms with Gasteiger partial charge in [0.25, 0.3) is 0 Å². The SMILES string of the molecule is C=COC(=O)C(O)C(C)OC(=O)c1ccccc1. The van der Waals surface area contributed by atoms with Crippen molar-refractivity contribution in [2.24, 2.45) is 0 Å². The second kappa shape index (κ2) is 6.56. The van der Waals surface area contributed by atoms with Gasteiger partial charge in [-0.2, -0.15) is 0 Å². The Morgan fingerprint density at radius 3 is 2.50 bits per heavy atom. The fourth-order valence-corrected chi connectivity index (χ4v) is 1.22. The highest BCUT2D eigenvalue weighted by Crippen LogP contribution is 2.07. The molecule has 0 spiro atoms. The molecule has 0 aliphatic heterocycles. The third kappa shape index (κ3) is 3.71. The molecule has 0 bridgehead atoms. The zero-order valence-corrected chi connectivity index (χ0v) is 9.91. The summed E-state index contributed by atoms with van der Waals surface area (Å²) in [6.07, 6.45) is -1.65. The maximum Gasteiger partial charge on any atom is 0.343 e. The van der Waals surface area contributed by atoms with E-state index in [9.17, 15) is 14.7 Å². The van der Waals surface area contributed by atoms with E-state index in [0.717, 1.165) is 6.26 Å². The van der Waals surface area contributed by atoms with Gasteiger partial charge in [-0.3, -0.25) is 0 Å². The third-order valence-electron chi connectivity index (χ3n) is 2.19. The molecule has 0 radical (unpaired) electrons. The number of carbonyl (C=O) groups excluding carboxylic acids is 2. The fourth-order valence-electron chi connectivity index (χ4n) is 1.22. The minimum absolute atomic E-state index is 0.341. The fraction of sp³-hybridized carbons (Fsp3) is 0.231. The molecule has 0 fully saturated rings. The highest BCUT2D eigenvalue weighted by atomic mass is 16.6. The summed E-state index contributed by atoms with van der Waals surface area (Å²) in [5.74, 6) is -1.54. The van der Waals surface area contributed by atoms with Crippen molar-refractivity contribution < 1.29 is 24.2 Å². The van der Waals surface area contributed by atoms with Gasteiger partial charge in [-0.05, 0) is 19.1 Å². The van der Waals surface area contributed by atoms with Crippen LogP contribution >= 0.6 is 0 Å². The molecule has 1 aromatic rings. The first-order chi connectivity index (χ1) is 8.56. The van der Waals surface area contributed by atoms with Crippen LogP contribution in [-0.2, 0) is 14.3 Å². The Hall–Kier alpha value is -2.14. The van der Waals surface area contributed by atoms with E-state index in [1.165, 1.54) is 6.92 Å². The average molecular weight is 250 g/mol. The molecular weight excluding hydrogens is 236 g/mol. The molecule has 1 aromatic carbocycles. The molecule has 0 heterocycles. The third-order valence-corrected chi connectivity index (χ3v) is 2.19. The Balaban J connectivity index is 2.59. The van der Waals surface area contributed by atoms with Crippen molar-refractivity contribution in [1.82, 2.24) is 0 Å². The van der Waals surface area contributed by atoms with Gasteiger partial charge in [0.2, 0.25) is 0 Å². The number of hydrogen-bond donors (Lipinski definition) is 1. The van der Waals surface area contributed by atoms with Crippen LogP contribution in [-0.4, -0.2) is 29.3 Å². The van der Waals surface area contributed by atoms with Crippen molar-refractivity contribution in [2.45, 2.75) is 19.1 Å². The zero-order valence-electron chi connectivity index (χ0n) is 9.91. The molecule has 96 valence electrons. The summed E-state index contributed by atoms with van der Waals surface area (Å²) >= 11 is 0. The number of rotatable bonds is 5. The van der Waals surface area contributed by atoms with Gasteiger partial charge < -0.3 is 14.6 Å². The van der Waals surface area contributed by atoms with Crippen LogP contribution in [0.25, 0.3) is 0 Å². The van der Waals surface area contributed by atoms with Crippen LogP contribution in [0, 0.1) is 0 Å². The van der Waals surface area contributed by atoms with Crippen molar-refractivity contribution >= 4 is 11.9 Å². The maximum atomic E-state index is 11.6. The molecule has 5 nitrogen and oxygen atoms in total. The monoisotopic (exact) mass is 250 g/mol. The van der Waals surface area contributed by atoms with E-state index >= 15 is 0 Å². The molecule has 5 heteroatoms. The van der Waals surface area contributed by atoms with Crippen LogP contribution in [0.2, 0.25) is 0 Å². The predicted molar refractivity (Wildman–Crippen MR) is 63.6 cm³/mol. The standard InChI is InChI=1S/C13H14O5/c1-3-17-13(16)11(14)9(2)18-12(15)10-7-5-4-6-8-10/h3-9,11,14H,1H2,2H3. The Kier molecular flexibility index (Phi) is 5.07. The first-order valence-corrected chi connectivity index (χ1v) is 5.31. The van der Waals surface area contributed by atoms with Gasteiger partial charge in [-0.25, -0.2) is 9.59 Å². The zero-order chi connectivity index (χ0) is 13.5. The summed E-state index contributed by atoms with van der Waals surface area (Å²) < 4.78 is 9.34. The molecule has 0 saturated heterocycles. The van der Waals surface area contributed by atoms with Crippen LogP contribution in [0.3, 0.4) is 0 Å². The largest absolute Gasteiger partial charge is 0.456 e. The maximum absolute atomic E-state index is 11.6. The van der Waals surface area contributed by atoms with Crippen LogP contribution in [0.4, 0.5) is 0 Å². The second-order valence-corrected chi connectivity index (χ2v) is 3.52. The van der Waals surface area contributed by atoms with Crippen LogP contribution in [0.15, 0.2) is 43.2 Å². The molecule has 0 aliphatic carbocycles. The van der Waals surface area contributed by atoms with Crippen LogP contribution < -0.4 is 0 Å². The van der Waals surface area contributed by atoms with Gasteiger partial charge in [0.05, 0.1) is 11.8 Å². The summed E-state index contributed by atoms with van der Waals surface area (Å²) in [5, 5.41) is 9.51. The molecule has 1 N–H and O–H groups in total. The minimum atomic E-state index is -1.55. The lowest BCUT2D eigenvalue weighted by molar-refractivity contribution is -0.153. The van der Waals surface area contributed by atoms with E-state index in [0.29, 0.717) is 5.56 Å². The Labute approximate surface area is 105 Å². The lowest BCUT2D eigenvalue weighted by atomic mass is 10.2. The number of aliphatic hydroxyl groups is 1. The summed E-state index contributed by atoms with van der Waals surface area (Å²) in [7, 11) is 0. The van der Waals surface area contributed by atoms with Crippen molar-refractivity contribution in [1.29, 1.82) is 0 Å². The van der Waals surface area contributed by atoms with Gasteiger partial charge in [0.15, 0.2) is 6.10 Å². The van der Waals surface area contributed by atoms with E-state index in [2.05, 4.69) is 11.3 Å². The van der Waals surface area contributed by atoms with Gasteiger partial charge in [0.1, 0.15) is 6.10 Å². The molecule has 0 aromatic heterocycles. The molecule has 2 unspecified atom stereocenters. The van der Waals surface area contributed by atoms with E-state index < -0.39 is 24.1 Å². The Morgan fingerprint density at radius 2 is 1.94 bits per heavy atom. The molecule has 2 atom stereocenters. The van der Waals surface area contributed by atoms with Crippen molar-refractivity contribution in [3.63, 3.8) is 0 Å². The minimum Gasteiger partial charge on any atom is -0.456 e. The van der Waals surface area contributed by atoms with E-state index in [4.69, 9.17) is 4.74 Å². The van der Waals surface area contributed by atoms with Crippen molar-refractivity contribution in [3.05, 3.63) is 48.7 Å². The molecule has 0 aliphatic rings. The lowest BCUT2D eigenvalue weighted by Gasteiger charge is -2.17. The molecule has 0 amide bonds. The first kappa shape index (κ1) is 13.9. The summed E-state index contributed by atoms with van der Waals surface area (Å²) in [6.45, 7) is 4.59. The number of hydrogen-bond acceptors (Lipinski definition) is 5. The lowest BCUT2D eigenvalue weighted by Crippen LogP contribution is -2.36. The quantitative estimate of drug-likeness (QED) is 0.629. The molecule has 0 saturated carbocycles. The van der Waals surface area contributed by atoms with Gasteiger partial charge in [-0.15, -0.1) is 0 Å². The van der Waals surface area contributed by atoms with Gasteiger partial charge in [0, 0.05) is 0 Å². The van der Waals surface area contributed by atoms with Crippen molar-refractivity contribution in [2.75, 3.05) is 0 Å². The molecule has 1 rings (SSSR count). The van der Waals surface area contributed by atoms with Crippen LogP contribution in [0.1, 0.15) is 17.3 Å². The Morgan fingerprint density at radius 1 is 1.33 bits per heavy atom. The number of esters is 2. The highest BCUT2D eigenvalue weighted by Gasteiger charge is 2.27. The van der Waals surface area contributed by atoms with E-state index in [1.807, 2.05) is 0 Å². The average Bonchev–Trinajstić information content (AvgIpc) is 2.39. The van der Waals surface area contributed by atoms with Gasteiger partial charge >= 0.3 is 11.9 Å². The van der Waals surface area contributed by atoms with E-state index in [1.54, 1.807) is 30.3 Å². The molecular formula is C13H14O5. The van der Waals surface area contributed by atoms with Crippen molar-refractivity contribution in [3.8, 4) is 0 Å². The smallest absolute Gasteiger partial charge is 0.343 e. The number of benzene rings is 1. The second-order valence-electron chi connectivity index (χ2n) is 3.52. The number of ether oxygens (including phenoxy) is 2. The first-order valence-electron chi connectivity index (χ1n) is 5.31. The summed E-state index contributed by atoms with van der Waals surface area (Å²) in [4.78, 5) is 22.8. The summed E-state index contributed by atoms with van der Waals surface area (Å²) in [6, 6.07) is 8.27. The van der Waals surface area contributed by atoms with E-state index in [-0.39, 0.29) is 0 Å². The molecule has 18 heavy (non-hydrogen) atoms. The highest BCUT2D eigenvalue weighted by molar-refractivity contribution is 5.89. The summed E-state index contributed by atoms with van der Waals surface area (Å²) in [5.41, 5.74) is 0.341. The Bertz CT molecular complexity index is 426. The number of carbonyl (C=O) groups is 2. The van der Waals surface area contributed by atoms with Crippen LogP contribution in [0.5, 0.6) is 0 Å². The predicted octanol–water partition coefficient (Wildman–Crippen LogP) is 1.28. The normalized spacial score (nSPS) is 13.2. The van der Waals surface area contributed by atoms with Gasteiger partial charge in [-0.1, -0.05) is 24.8 Å².